The molecule has 2 heterocycles. The maximum Gasteiger partial charge on any atom is 0.258 e. The molecule has 0 bridgehead atoms. The molecule has 2 aromatic rings. The number of thiophene rings is 1. The lowest BCUT2D eigenvalue weighted by Gasteiger charge is -2.34. The predicted molar refractivity (Wildman–Crippen MR) is 114 cm³/mol. The van der Waals surface area contributed by atoms with Crippen LogP contribution in [0.1, 0.15) is 48.0 Å². The minimum Gasteiger partial charge on any atom is -0.496 e. The molecule has 1 aliphatic heterocycles. The highest BCUT2D eigenvalue weighted by Crippen LogP contribution is 2.41. The number of fused-ring (bicyclic) bond motifs is 1. The number of ether oxygens (including phenoxy) is 1. The molecule has 6 heteroatoms. The van der Waals surface area contributed by atoms with Gasteiger partial charge in [0.15, 0.2) is 0 Å². The quantitative estimate of drug-likeness (QED) is 0.783. The van der Waals surface area contributed by atoms with Crippen molar-refractivity contribution in [2.24, 2.45) is 5.92 Å². The molecule has 1 N–H and O–H groups in total. The molecule has 0 radical (unpaired) electrons. The summed E-state index contributed by atoms with van der Waals surface area (Å²) >= 11 is 1.67. The van der Waals surface area contributed by atoms with E-state index in [-0.39, 0.29) is 17.9 Å². The average molecular weight is 413 g/mol. The van der Waals surface area contributed by atoms with E-state index in [1.807, 2.05) is 22.4 Å². The summed E-state index contributed by atoms with van der Waals surface area (Å²) in [6.07, 6.45) is 5.95. The lowest BCUT2D eigenvalue weighted by atomic mass is 9.84. The number of hydrogen-bond donors (Lipinski definition) is 1. The molecule has 1 saturated heterocycles. The Balaban J connectivity index is 1.52. The number of carbonyl (C=O) groups excluding carboxylic acids is 2. The zero-order chi connectivity index (χ0) is 20.2. The van der Waals surface area contributed by atoms with Gasteiger partial charge in [-0.15, -0.1) is 0 Å². The maximum absolute atomic E-state index is 13.5. The Labute approximate surface area is 176 Å². The molecule has 3 atom stereocenters. The van der Waals surface area contributed by atoms with Crippen molar-refractivity contribution < 1.29 is 14.3 Å². The van der Waals surface area contributed by atoms with Crippen LogP contribution in [0.4, 0.5) is 0 Å². The summed E-state index contributed by atoms with van der Waals surface area (Å²) < 4.78 is 5.42. The summed E-state index contributed by atoms with van der Waals surface area (Å²) in [7, 11) is 1.58. The zero-order valence-corrected chi connectivity index (χ0v) is 17.6. The molecule has 5 nitrogen and oxygen atoms in total. The topological polar surface area (TPSA) is 58.6 Å². The molecule has 1 aromatic carbocycles. The van der Waals surface area contributed by atoms with Gasteiger partial charge in [-0.25, -0.2) is 0 Å². The lowest BCUT2D eigenvalue weighted by Crippen LogP contribution is -2.49. The van der Waals surface area contributed by atoms with Crippen molar-refractivity contribution in [2.75, 3.05) is 13.7 Å². The van der Waals surface area contributed by atoms with E-state index in [4.69, 9.17) is 4.74 Å². The van der Waals surface area contributed by atoms with Crippen molar-refractivity contribution in [3.63, 3.8) is 0 Å². The van der Waals surface area contributed by atoms with Crippen LogP contribution in [0, 0.1) is 5.92 Å². The number of rotatable bonds is 6. The lowest BCUT2D eigenvalue weighted by molar-refractivity contribution is -0.125. The summed E-state index contributed by atoms with van der Waals surface area (Å²) in [5.41, 5.74) is 1.77. The molecule has 1 aliphatic carbocycles. The van der Waals surface area contributed by atoms with E-state index in [9.17, 15) is 9.59 Å². The highest BCUT2D eigenvalue weighted by Gasteiger charge is 2.47. The first-order chi connectivity index (χ1) is 14.2. The van der Waals surface area contributed by atoms with E-state index in [0.29, 0.717) is 23.8 Å². The van der Waals surface area contributed by atoms with Gasteiger partial charge in [-0.1, -0.05) is 25.0 Å². The van der Waals surface area contributed by atoms with Gasteiger partial charge in [0.25, 0.3) is 5.91 Å². The van der Waals surface area contributed by atoms with Crippen molar-refractivity contribution in [1.29, 1.82) is 0 Å². The molecule has 29 heavy (non-hydrogen) atoms. The predicted octanol–water partition coefficient (Wildman–Crippen LogP) is 3.89. The largest absolute Gasteiger partial charge is 0.496 e. The number of nitrogens with one attached hydrogen (secondary N) is 1. The van der Waals surface area contributed by atoms with Gasteiger partial charge in [0.1, 0.15) is 11.8 Å². The third-order valence-electron chi connectivity index (χ3n) is 6.26. The van der Waals surface area contributed by atoms with E-state index < -0.39 is 6.04 Å². The van der Waals surface area contributed by atoms with Gasteiger partial charge in [0, 0.05) is 12.6 Å². The third kappa shape index (κ3) is 4.17. The summed E-state index contributed by atoms with van der Waals surface area (Å²) in [5, 5.41) is 7.23. The van der Waals surface area contributed by atoms with Gasteiger partial charge >= 0.3 is 0 Å². The summed E-state index contributed by atoms with van der Waals surface area (Å²) in [6, 6.07) is 9.13. The van der Waals surface area contributed by atoms with Crippen LogP contribution < -0.4 is 10.1 Å². The smallest absolute Gasteiger partial charge is 0.258 e. The maximum atomic E-state index is 13.5. The molecule has 1 saturated carbocycles. The Morgan fingerprint density at radius 1 is 1.21 bits per heavy atom. The number of methoxy groups -OCH3 is 1. The third-order valence-corrected chi connectivity index (χ3v) is 6.99. The fourth-order valence-corrected chi connectivity index (χ4v) is 5.53. The highest BCUT2D eigenvalue weighted by atomic mass is 32.1. The monoisotopic (exact) mass is 412 g/mol. The number of hydrogen-bond acceptors (Lipinski definition) is 4. The van der Waals surface area contributed by atoms with Crippen LogP contribution in [0.3, 0.4) is 0 Å². The molecule has 154 valence electrons. The van der Waals surface area contributed by atoms with Crippen LogP contribution in [0.5, 0.6) is 5.75 Å². The van der Waals surface area contributed by atoms with Crippen LogP contribution in [0.2, 0.25) is 0 Å². The Kier molecular flexibility index (Phi) is 6.19. The Morgan fingerprint density at radius 3 is 2.83 bits per heavy atom. The Morgan fingerprint density at radius 2 is 2.03 bits per heavy atom. The van der Waals surface area contributed by atoms with Crippen LogP contribution in [0.15, 0.2) is 41.1 Å². The SMILES string of the molecule is COc1ccccc1C(=O)N1[C@@H]2CCCC[C@H]2C[C@H]1C(=O)NCCc1ccsc1. The number of nitrogens with zero attached hydrogens (tertiary/aromatic N) is 1. The Hall–Kier alpha value is -2.34. The number of carbonyl (C=O) groups is 2. The second-order valence-corrected chi connectivity index (χ2v) is 8.73. The summed E-state index contributed by atoms with van der Waals surface area (Å²) in [4.78, 5) is 28.5. The van der Waals surface area contributed by atoms with Gasteiger partial charge in [-0.2, -0.15) is 11.3 Å². The Bertz CT molecular complexity index is 852. The van der Waals surface area contributed by atoms with Gasteiger partial charge in [-0.3, -0.25) is 9.59 Å². The van der Waals surface area contributed by atoms with Crippen LogP contribution in [-0.2, 0) is 11.2 Å². The van der Waals surface area contributed by atoms with Gasteiger partial charge in [0.2, 0.25) is 5.91 Å². The summed E-state index contributed by atoms with van der Waals surface area (Å²) in [5.74, 6) is 0.858. The van der Waals surface area contributed by atoms with Crippen molar-refractivity contribution >= 4 is 23.2 Å². The van der Waals surface area contributed by atoms with E-state index in [0.717, 1.165) is 32.1 Å². The number of benzene rings is 1. The molecule has 2 fully saturated rings. The van der Waals surface area contributed by atoms with Crippen molar-refractivity contribution in [1.82, 2.24) is 10.2 Å². The average Bonchev–Trinajstić information content (AvgIpc) is 3.41. The minimum atomic E-state index is -0.400. The number of para-hydroxylation sites is 1. The van der Waals surface area contributed by atoms with Crippen LogP contribution >= 0.6 is 11.3 Å². The van der Waals surface area contributed by atoms with E-state index >= 15 is 0 Å². The highest BCUT2D eigenvalue weighted by molar-refractivity contribution is 7.07. The van der Waals surface area contributed by atoms with Gasteiger partial charge in [-0.05, 0) is 66.1 Å². The van der Waals surface area contributed by atoms with E-state index in [1.165, 1.54) is 12.0 Å². The van der Waals surface area contributed by atoms with Gasteiger partial charge in [0.05, 0.1) is 12.7 Å². The standard InChI is InChI=1S/C23H28N2O3S/c1-28-21-9-5-3-7-18(21)23(27)25-19-8-4-2-6-17(19)14-20(25)22(26)24-12-10-16-11-13-29-15-16/h3,5,7,9,11,13,15,17,19-20H,2,4,6,8,10,12,14H2,1H3,(H,24,26)/t17-,19+,20-/m0/s1. The molecular formula is C23H28N2O3S. The molecule has 1 aromatic heterocycles. The number of amides is 2. The molecule has 0 spiro atoms. The van der Waals surface area contributed by atoms with Crippen molar-refractivity contribution in [2.45, 2.75) is 50.6 Å². The van der Waals surface area contributed by atoms with Crippen LogP contribution in [0.25, 0.3) is 0 Å². The second-order valence-electron chi connectivity index (χ2n) is 7.95. The minimum absolute atomic E-state index is 0.0297. The second kappa shape index (κ2) is 8.99. The molecular weight excluding hydrogens is 384 g/mol. The fraction of sp³-hybridized carbons (Fsp3) is 0.478. The number of likely N-dealkylation sites (tertiary alicyclic amines) is 1. The molecule has 0 unspecified atom stereocenters. The van der Waals surface area contributed by atoms with Gasteiger partial charge < -0.3 is 15.0 Å². The van der Waals surface area contributed by atoms with Crippen LogP contribution in [-0.4, -0.2) is 42.5 Å². The first-order valence-electron chi connectivity index (χ1n) is 10.4. The van der Waals surface area contributed by atoms with Crippen molar-refractivity contribution in [3.8, 4) is 5.75 Å². The molecule has 2 amide bonds. The first kappa shape index (κ1) is 20.0. The first-order valence-corrected chi connectivity index (χ1v) is 11.4. The molecule has 2 aliphatic rings. The van der Waals surface area contributed by atoms with Crippen molar-refractivity contribution in [3.05, 3.63) is 52.2 Å². The summed E-state index contributed by atoms with van der Waals surface area (Å²) in [6.45, 7) is 0.595. The van der Waals surface area contributed by atoms with E-state index in [1.54, 1.807) is 30.6 Å². The van der Waals surface area contributed by atoms with E-state index in [2.05, 4.69) is 16.8 Å². The fourth-order valence-electron chi connectivity index (χ4n) is 4.83. The normalized spacial score (nSPS) is 23.5. The molecule has 4 rings (SSSR count). The zero-order valence-electron chi connectivity index (χ0n) is 16.8.